The smallest absolute Gasteiger partial charge is 0.458 e. The molecule has 0 radical (unpaired) electrons. The lowest BCUT2D eigenvalue weighted by Gasteiger charge is -2.30. The van der Waals surface area contributed by atoms with Crippen LogP contribution in [0.25, 0.3) is 0 Å². The summed E-state index contributed by atoms with van der Waals surface area (Å²) < 4.78 is 5.34. The van der Waals surface area contributed by atoms with E-state index in [2.05, 4.69) is 0 Å². The summed E-state index contributed by atoms with van der Waals surface area (Å²) in [5.41, 5.74) is 5.33. The van der Waals surface area contributed by atoms with E-state index in [0.717, 1.165) is 0 Å². The van der Waals surface area contributed by atoms with Crippen molar-refractivity contribution in [2.45, 2.75) is 63.4 Å². The second-order valence-corrected chi connectivity index (χ2v) is 5.62. The molecule has 4 N–H and O–H groups in total. The van der Waals surface area contributed by atoms with Crippen LogP contribution in [0.3, 0.4) is 0 Å². The summed E-state index contributed by atoms with van der Waals surface area (Å²) in [6.45, 7) is 1.47. The molecular formula is C13H22BNO6. The standard InChI is InChI=1S/C13H22BNO6/c1-8(16)6-11-4-2-9(14(20)21-11)7-10(17)3-5-12(15)13(18)19/h9,11-12,20H,2-7,15H2,1H3,(H,18,19)/t9-,11+,12+/m1/s1. The molecule has 1 rings (SSSR count). The van der Waals surface area contributed by atoms with Crippen LogP contribution in [0.2, 0.25) is 5.82 Å². The van der Waals surface area contributed by atoms with Gasteiger partial charge in [0.2, 0.25) is 0 Å². The van der Waals surface area contributed by atoms with Crippen LogP contribution < -0.4 is 5.73 Å². The predicted octanol–water partition coefficient (Wildman–Crippen LogP) is 0.147. The first-order chi connectivity index (χ1) is 9.79. The maximum absolute atomic E-state index is 11.8. The molecule has 1 aliphatic rings. The van der Waals surface area contributed by atoms with Crippen molar-refractivity contribution in [2.24, 2.45) is 5.73 Å². The molecule has 0 aromatic rings. The number of carbonyl (C=O) groups is 3. The van der Waals surface area contributed by atoms with E-state index in [1.165, 1.54) is 6.92 Å². The highest BCUT2D eigenvalue weighted by Crippen LogP contribution is 2.31. The molecule has 0 aromatic heterocycles. The van der Waals surface area contributed by atoms with Crippen LogP contribution >= 0.6 is 0 Å². The monoisotopic (exact) mass is 299 g/mol. The van der Waals surface area contributed by atoms with E-state index in [4.69, 9.17) is 15.5 Å². The number of aliphatic carboxylic acids is 1. The van der Waals surface area contributed by atoms with Gasteiger partial charge in [-0.05, 0) is 26.2 Å². The van der Waals surface area contributed by atoms with Gasteiger partial charge in [-0.25, -0.2) is 0 Å². The number of ketones is 2. The number of hydrogen-bond donors (Lipinski definition) is 3. The van der Waals surface area contributed by atoms with E-state index in [0.29, 0.717) is 12.8 Å². The van der Waals surface area contributed by atoms with Crippen LogP contribution in [-0.4, -0.2) is 46.9 Å². The Balaban J connectivity index is 2.34. The summed E-state index contributed by atoms with van der Waals surface area (Å²) in [4.78, 5) is 33.3. The first-order valence-electron chi connectivity index (χ1n) is 7.12. The highest BCUT2D eigenvalue weighted by Gasteiger charge is 2.36. The molecule has 7 nitrogen and oxygen atoms in total. The summed E-state index contributed by atoms with van der Waals surface area (Å²) in [5, 5.41) is 18.5. The third-order valence-corrected chi connectivity index (χ3v) is 3.65. The molecule has 0 aromatic carbocycles. The predicted molar refractivity (Wildman–Crippen MR) is 75.6 cm³/mol. The minimum atomic E-state index is -1.13. The highest BCUT2D eigenvalue weighted by atomic mass is 16.5. The highest BCUT2D eigenvalue weighted by molar-refractivity contribution is 6.45. The number of carboxylic acid groups (broad SMARTS) is 1. The number of rotatable bonds is 8. The lowest BCUT2D eigenvalue weighted by atomic mass is 9.64. The Morgan fingerprint density at radius 3 is 2.52 bits per heavy atom. The summed E-state index contributed by atoms with van der Waals surface area (Å²) in [6.07, 6.45) is 1.52. The minimum absolute atomic E-state index is 0.00406. The number of hydrogen-bond acceptors (Lipinski definition) is 6. The molecular weight excluding hydrogens is 277 g/mol. The molecule has 1 saturated heterocycles. The maximum Gasteiger partial charge on any atom is 0.458 e. The summed E-state index contributed by atoms with van der Waals surface area (Å²) >= 11 is 0. The molecule has 0 bridgehead atoms. The topological polar surface area (TPSA) is 127 Å². The lowest BCUT2D eigenvalue weighted by Crippen LogP contribution is -2.38. The second kappa shape index (κ2) is 8.26. The van der Waals surface area contributed by atoms with Crippen molar-refractivity contribution >= 4 is 24.7 Å². The molecule has 1 heterocycles. The van der Waals surface area contributed by atoms with E-state index in [1.807, 2.05) is 0 Å². The van der Waals surface area contributed by atoms with Crippen molar-refractivity contribution in [3.8, 4) is 0 Å². The summed E-state index contributed by atoms with van der Waals surface area (Å²) in [5.74, 6) is -1.56. The van der Waals surface area contributed by atoms with Gasteiger partial charge in [0.1, 0.15) is 17.6 Å². The van der Waals surface area contributed by atoms with E-state index >= 15 is 0 Å². The molecule has 0 saturated carbocycles. The molecule has 0 amide bonds. The fourth-order valence-corrected chi connectivity index (χ4v) is 2.43. The number of carbonyl (C=O) groups excluding carboxylic acids is 2. The Morgan fingerprint density at radius 2 is 2.00 bits per heavy atom. The van der Waals surface area contributed by atoms with Crippen molar-refractivity contribution in [3.63, 3.8) is 0 Å². The summed E-state index contributed by atoms with van der Waals surface area (Å²) in [7, 11) is -1.06. The SMILES string of the molecule is CC(=O)C[C@@H]1CC[C@H](CC(=O)CC[C@H](N)C(=O)O)B(O)O1. The molecule has 1 aliphatic heterocycles. The summed E-state index contributed by atoms with van der Waals surface area (Å²) in [6, 6.07) is -1.04. The quantitative estimate of drug-likeness (QED) is 0.544. The van der Waals surface area contributed by atoms with Gasteiger partial charge in [0.05, 0.1) is 0 Å². The number of nitrogens with two attached hydrogens (primary N) is 1. The molecule has 0 unspecified atom stereocenters. The third kappa shape index (κ3) is 6.37. The zero-order valence-electron chi connectivity index (χ0n) is 12.2. The van der Waals surface area contributed by atoms with Gasteiger partial charge in [-0.2, -0.15) is 0 Å². The first kappa shape index (κ1) is 17.8. The number of carboxylic acids is 1. The third-order valence-electron chi connectivity index (χ3n) is 3.65. The zero-order chi connectivity index (χ0) is 16.0. The van der Waals surface area contributed by atoms with E-state index < -0.39 is 19.1 Å². The van der Waals surface area contributed by atoms with Crippen LogP contribution in [0.5, 0.6) is 0 Å². The normalized spacial score (nSPS) is 23.7. The Labute approximate surface area is 124 Å². The van der Waals surface area contributed by atoms with Crippen molar-refractivity contribution in [1.82, 2.24) is 0 Å². The van der Waals surface area contributed by atoms with Gasteiger partial charge in [0.25, 0.3) is 0 Å². The maximum atomic E-state index is 11.8. The Kier molecular flexibility index (Phi) is 7.00. The fourth-order valence-electron chi connectivity index (χ4n) is 2.43. The Morgan fingerprint density at radius 1 is 1.33 bits per heavy atom. The first-order valence-corrected chi connectivity index (χ1v) is 7.12. The van der Waals surface area contributed by atoms with Crippen molar-refractivity contribution in [3.05, 3.63) is 0 Å². The van der Waals surface area contributed by atoms with Gasteiger partial charge in [0, 0.05) is 31.2 Å². The average molecular weight is 299 g/mol. The van der Waals surface area contributed by atoms with Gasteiger partial charge in [0.15, 0.2) is 0 Å². The largest absolute Gasteiger partial charge is 0.480 e. The number of Topliss-reactive ketones (excluding diaryl/α,β-unsaturated/α-hetero) is 2. The molecule has 1 fully saturated rings. The van der Waals surface area contributed by atoms with Gasteiger partial charge in [-0.15, -0.1) is 0 Å². The molecule has 0 aliphatic carbocycles. The molecule has 3 atom stereocenters. The van der Waals surface area contributed by atoms with Crippen LogP contribution in [0.4, 0.5) is 0 Å². The van der Waals surface area contributed by atoms with Crippen molar-refractivity contribution in [2.75, 3.05) is 0 Å². The average Bonchev–Trinajstić information content (AvgIpc) is 2.38. The van der Waals surface area contributed by atoms with Gasteiger partial charge in [-0.3, -0.25) is 14.4 Å². The lowest BCUT2D eigenvalue weighted by molar-refractivity contribution is -0.138. The second-order valence-electron chi connectivity index (χ2n) is 5.62. The van der Waals surface area contributed by atoms with E-state index in [1.54, 1.807) is 0 Å². The van der Waals surface area contributed by atoms with Crippen LogP contribution in [0.15, 0.2) is 0 Å². The minimum Gasteiger partial charge on any atom is -0.480 e. The van der Waals surface area contributed by atoms with Crippen LogP contribution in [0.1, 0.15) is 45.4 Å². The van der Waals surface area contributed by atoms with Gasteiger partial charge >= 0.3 is 13.1 Å². The fraction of sp³-hybridized carbons (Fsp3) is 0.769. The van der Waals surface area contributed by atoms with Crippen molar-refractivity contribution < 1.29 is 29.2 Å². The van der Waals surface area contributed by atoms with Gasteiger partial charge in [-0.1, -0.05) is 0 Å². The molecule has 118 valence electrons. The van der Waals surface area contributed by atoms with E-state index in [9.17, 15) is 19.4 Å². The Bertz CT molecular complexity index is 402. The van der Waals surface area contributed by atoms with Gasteiger partial charge < -0.3 is 20.5 Å². The molecule has 21 heavy (non-hydrogen) atoms. The van der Waals surface area contributed by atoms with Crippen LogP contribution in [0, 0.1) is 0 Å². The molecule has 8 heteroatoms. The Hall–Kier alpha value is -1.25. The molecule has 0 spiro atoms. The van der Waals surface area contributed by atoms with Crippen molar-refractivity contribution in [1.29, 1.82) is 0 Å². The zero-order valence-corrected chi connectivity index (χ0v) is 12.2. The van der Waals surface area contributed by atoms with E-state index in [-0.39, 0.29) is 49.2 Å². The van der Waals surface area contributed by atoms with Crippen LogP contribution in [-0.2, 0) is 19.0 Å².